The van der Waals surface area contributed by atoms with Crippen molar-refractivity contribution in [3.05, 3.63) is 20.1 Å². The Hall–Kier alpha value is 1.26. The van der Waals surface area contributed by atoms with Gasteiger partial charge in [-0.05, 0) is 90.4 Å². The molecule has 110 valence electrons. The molecule has 20 heavy (non-hydrogen) atoms. The van der Waals surface area contributed by atoms with Crippen LogP contribution in [0.1, 0.15) is 5.82 Å². The number of benzene rings is 1. The third kappa shape index (κ3) is 2.76. The number of hydrogen-bond donors (Lipinski definition) is 1. The third-order valence-corrected chi connectivity index (χ3v) is 9.75. The molecule has 0 fully saturated rings. The fourth-order valence-corrected chi connectivity index (χ4v) is 4.80. The van der Waals surface area contributed by atoms with Crippen LogP contribution in [0.3, 0.4) is 0 Å². The van der Waals surface area contributed by atoms with Gasteiger partial charge in [0.2, 0.25) is 0 Å². The molecule has 0 unspecified atom stereocenters. The zero-order valence-electron chi connectivity index (χ0n) is 8.85. The van der Waals surface area contributed by atoms with E-state index in [2.05, 4.69) is 9.97 Å². The molecule has 1 heterocycles. The first-order chi connectivity index (χ1) is 8.98. The van der Waals surface area contributed by atoms with Crippen molar-refractivity contribution in [2.24, 2.45) is 0 Å². The van der Waals surface area contributed by atoms with Gasteiger partial charge in [0.05, 0.1) is 12.7 Å². The second kappa shape index (κ2) is 5.72. The molecule has 0 spiro atoms. The molecule has 2 aromatic rings. The summed E-state index contributed by atoms with van der Waals surface area (Å²) in [7, 11) is 0. The smallest absolute Gasteiger partial charge is 0.336 e. The molecule has 0 amide bonds. The number of rotatable bonds is 1. The molecule has 2 nitrogen and oxygen atoms in total. The van der Waals surface area contributed by atoms with Crippen LogP contribution in [0, 0.1) is 14.3 Å². The molecule has 0 saturated heterocycles. The molecule has 11 heteroatoms. The summed E-state index contributed by atoms with van der Waals surface area (Å²) in [5, 5.41) is 0. The summed E-state index contributed by atoms with van der Waals surface area (Å²) in [6.07, 6.45) is -5.68. The number of halogens is 9. The second-order valence-electron chi connectivity index (χ2n) is 3.64. The zero-order valence-corrected chi connectivity index (χ0v) is 17.5. The minimum absolute atomic E-state index is 0.124. The summed E-state index contributed by atoms with van der Waals surface area (Å²) in [5.41, 5.74) is 0.317. The van der Waals surface area contributed by atoms with Gasteiger partial charge < -0.3 is 4.98 Å². The van der Waals surface area contributed by atoms with Gasteiger partial charge in [0, 0.05) is 7.14 Å². The average molecular weight is 740 g/mol. The Kier molecular flexibility index (Phi) is 5.03. The van der Waals surface area contributed by atoms with Gasteiger partial charge in [0.1, 0.15) is 5.52 Å². The molecule has 0 saturated carbocycles. The van der Waals surface area contributed by atoms with E-state index < -0.39 is 17.9 Å². The summed E-state index contributed by atoms with van der Waals surface area (Å²) >= 11 is 7.79. The molecule has 0 aliphatic rings. The summed E-state index contributed by atoms with van der Waals surface area (Å²) in [6.45, 7) is 0. The summed E-state index contributed by atoms with van der Waals surface area (Å²) in [6, 6.07) is 0. The molecule has 1 N–H and O–H groups in total. The van der Waals surface area contributed by atoms with Gasteiger partial charge in [0.25, 0.3) is 0 Å². The monoisotopic (exact) mass is 740 g/mol. The molecule has 0 aliphatic heterocycles. The topological polar surface area (TPSA) is 28.7 Å². The van der Waals surface area contributed by atoms with Crippen molar-refractivity contribution in [3.63, 3.8) is 0 Å². The van der Waals surface area contributed by atoms with E-state index in [1.54, 1.807) is 0 Å². The first kappa shape index (κ1) is 17.6. The Bertz CT molecular complexity index is 649. The molecule has 2 rings (SSSR count). The lowest BCUT2D eigenvalue weighted by atomic mass is 10.3. The van der Waals surface area contributed by atoms with Crippen LogP contribution in [0.4, 0.5) is 22.0 Å². The SMILES string of the molecule is FC(F)(F)C(F)(F)c1nc2c(I)c(I)c(I)c(I)c2[nH]1. The number of hydrogen-bond acceptors (Lipinski definition) is 1. The summed E-state index contributed by atoms with van der Waals surface area (Å²) < 4.78 is 66.5. The second-order valence-corrected chi connectivity index (χ2v) is 7.95. The Labute approximate surface area is 163 Å². The molecule has 0 bridgehead atoms. The highest BCUT2D eigenvalue weighted by Crippen LogP contribution is 2.44. The Balaban J connectivity index is 2.79. The maximum atomic E-state index is 13.3. The van der Waals surface area contributed by atoms with Crippen molar-refractivity contribution in [2.75, 3.05) is 0 Å². The zero-order chi connectivity index (χ0) is 15.5. The quantitative estimate of drug-likeness (QED) is 0.175. The van der Waals surface area contributed by atoms with Crippen LogP contribution in [0.2, 0.25) is 0 Å². The molecular weight excluding hydrogens is 739 g/mol. The highest BCUT2D eigenvalue weighted by Gasteiger charge is 2.61. The number of H-pyrrole nitrogens is 1. The molecule has 1 aromatic heterocycles. The van der Waals surface area contributed by atoms with Crippen molar-refractivity contribution in [3.8, 4) is 0 Å². The van der Waals surface area contributed by atoms with E-state index in [1.807, 2.05) is 90.4 Å². The molecular formula is C9HF5I4N2. The van der Waals surface area contributed by atoms with Crippen molar-refractivity contribution in [1.29, 1.82) is 0 Å². The predicted molar refractivity (Wildman–Crippen MR) is 96.9 cm³/mol. The van der Waals surface area contributed by atoms with Crippen LogP contribution in [0.15, 0.2) is 0 Å². The van der Waals surface area contributed by atoms with Crippen LogP contribution in [-0.4, -0.2) is 16.1 Å². The summed E-state index contributed by atoms with van der Waals surface area (Å²) in [4.78, 5) is 5.59. The molecule has 0 radical (unpaired) electrons. The predicted octanol–water partition coefficient (Wildman–Crippen LogP) is 5.64. The van der Waals surface area contributed by atoms with Crippen LogP contribution in [0.5, 0.6) is 0 Å². The van der Waals surface area contributed by atoms with Crippen LogP contribution < -0.4 is 0 Å². The van der Waals surface area contributed by atoms with Crippen molar-refractivity contribution in [1.82, 2.24) is 9.97 Å². The number of aromatic amines is 1. The number of alkyl halides is 5. The fourth-order valence-electron chi connectivity index (χ4n) is 1.38. The van der Waals surface area contributed by atoms with Gasteiger partial charge in [-0.2, -0.15) is 22.0 Å². The van der Waals surface area contributed by atoms with Gasteiger partial charge in [-0.15, -0.1) is 0 Å². The molecule has 1 aromatic carbocycles. The Morgan fingerprint density at radius 1 is 0.800 bits per heavy atom. The van der Waals surface area contributed by atoms with Crippen LogP contribution in [-0.2, 0) is 5.92 Å². The number of fused-ring (bicyclic) bond motifs is 1. The number of nitrogens with zero attached hydrogens (tertiary/aromatic N) is 1. The highest BCUT2D eigenvalue weighted by atomic mass is 127. The van der Waals surface area contributed by atoms with Gasteiger partial charge >= 0.3 is 12.1 Å². The van der Waals surface area contributed by atoms with Crippen LogP contribution in [0.25, 0.3) is 11.0 Å². The summed E-state index contributed by atoms with van der Waals surface area (Å²) in [5.74, 6) is -6.39. The number of imidazole rings is 1. The standard InChI is InChI=1S/C9HF5I4N2/c10-8(11,9(12,13)14)7-19-5-3(17)1(15)2(16)4(18)6(5)20-7/h(H,19,20). The van der Waals surface area contributed by atoms with Crippen molar-refractivity contribution < 1.29 is 22.0 Å². The lowest BCUT2D eigenvalue weighted by Crippen LogP contribution is -2.34. The fraction of sp³-hybridized carbons (Fsp3) is 0.222. The van der Waals surface area contributed by atoms with E-state index in [9.17, 15) is 22.0 Å². The average Bonchev–Trinajstić information content (AvgIpc) is 2.78. The third-order valence-electron chi connectivity index (χ3n) is 2.36. The van der Waals surface area contributed by atoms with Gasteiger partial charge in [-0.25, -0.2) is 4.98 Å². The van der Waals surface area contributed by atoms with E-state index in [0.29, 0.717) is 7.14 Å². The lowest BCUT2D eigenvalue weighted by molar-refractivity contribution is -0.292. The van der Waals surface area contributed by atoms with E-state index in [0.717, 1.165) is 7.14 Å². The van der Waals surface area contributed by atoms with Gasteiger partial charge in [-0.1, -0.05) is 0 Å². The van der Waals surface area contributed by atoms with Crippen LogP contribution >= 0.6 is 90.4 Å². The minimum Gasteiger partial charge on any atom is -0.336 e. The maximum absolute atomic E-state index is 13.3. The first-order valence-electron chi connectivity index (χ1n) is 4.65. The van der Waals surface area contributed by atoms with E-state index >= 15 is 0 Å². The largest absolute Gasteiger partial charge is 0.461 e. The molecule has 0 atom stereocenters. The van der Waals surface area contributed by atoms with Gasteiger partial charge in [0.15, 0.2) is 5.82 Å². The molecule has 0 aliphatic carbocycles. The normalized spacial score (nSPS) is 13.2. The Morgan fingerprint density at radius 2 is 1.30 bits per heavy atom. The number of nitrogens with one attached hydrogen (secondary N) is 1. The number of aromatic nitrogens is 2. The van der Waals surface area contributed by atoms with Crippen molar-refractivity contribution >= 4 is 101 Å². The Morgan fingerprint density at radius 3 is 1.80 bits per heavy atom. The van der Waals surface area contributed by atoms with E-state index in [4.69, 9.17) is 0 Å². The van der Waals surface area contributed by atoms with Gasteiger partial charge in [-0.3, -0.25) is 0 Å². The maximum Gasteiger partial charge on any atom is 0.461 e. The lowest BCUT2D eigenvalue weighted by Gasteiger charge is -2.16. The van der Waals surface area contributed by atoms with Crippen molar-refractivity contribution in [2.45, 2.75) is 12.1 Å². The minimum atomic E-state index is -5.68. The first-order valence-corrected chi connectivity index (χ1v) is 8.96. The van der Waals surface area contributed by atoms with E-state index in [1.165, 1.54) is 0 Å². The highest BCUT2D eigenvalue weighted by molar-refractivity contribution is 14.1. The van der Waals surface area contributed by atoms with E-state index in [-0.39, 0.29) is 11.0 Å².